The molecule has 1 fully saturated rings. The number of sulfonamides is 1. The van der Waals surface area contributed by atoms with Gasteiger partial charge in [0.05, 0.1) is 11.3 Å². The number of amides is 1. The van der Waals surface area contributed by atoms with Crippen molar-refractivity contribution in [3.05, 3.63) is 0 Å². The van der Waals surface area contributed by atoms with E-state index in [0.717, 1.165) is 0 Å². The Balaban J connectivity index is 2.52. The standard InChI is InChI=1S/C8H12N2O3S/c1-2-3-7(9)8(11)10-14(12,13)6-4-5-6/h1,6-7H,3-5,9H2,(H,10,11). The van der Waals surface area contributed by atoms with E-state index in [1.807, 2.05) is 4.72 Å². The van der Waals surface area contributed by atoms with E-state index in [0.29, 0.717) is 12.8 Å². The second-order valence-electron chi connectivity index (χ2n) is 3.23. The fourth-order valence-electron chi connectivity index (χ4n) is 0.897. The van der Waals surface area contributed by atoms with Crippen LogP contribution in [0.4, 0.5) is 0 Å². The summed E-state index contributed by atoms with van der Waals surface area (Å²) in [5.74, 6) is 1.47. The molecule has 0 spiro atoms. The molecule has 1 atom stereocenters. The van der Waals surface area contributed by atoms with Gasteiger partial charge in [-0.3, -0.25) is 9.52 Å². The molecule has 0 saturated heterocycles. The highest BCUT2D eigenvalue weighted by Gasteiger charge is 2.37. The van der Waals surface area contributed by atoms with Crippen LogP contribution in [0.25, 0.3) is 0 Å². The summed E-state index contributed by atoms with van der Waals surface area (Å²) in [5, 5.41) is -0.426. The van der Waals surface area contributed by atoms with E-state index >= 15 is 0 Å². The number of terminal acetylenes is 1. The largest absolute Gasteiger partial charge is 0.319 e. The normalized spacial score (nSPS) is 18.3. The molecule has 0 aromatic rings. The number of nitrogens with one attached hydrogen (secondary N) is 1. The molecule has 0 aromatic heterocycles. The maximum absolute atomic E-state index is 11.3. The van der Waals surface area contributed by atoms with Crippen molar-refractivity contribution in [3.8, 4) is 12.3 Å². The average Bonchev–Trinajstić information content (AvgIpc) is 2.85. The van der Waals surface area contributed by atoms with Crippen LogP contribution in [0.2, 0.25) is 0 Å². The third-order valence-corrected chi connectivity index (χ3v) is 3.72. The Hall–Kier alpha value is -1.06. The van der Waals surface area contributed by atoms with Crippen LogP contribution in [0.1, 0.15) is 19.3 Å². The van der Waals surface area contributed by atoms with E-state index in [2.05, 4.69) is 5.92 Å². The number of nitrogens with two attached hydrogens (primary N) is 1. The first-order valence-corrected chi connectivity index (χ1v) is 5.76. The Labute approximate surface area is 83.1 Å². The predicted molar refractivity (Wildman–Crippen MR) is 51.5 cm³/mol. The Morgan fingerprint density at radius 2 is 2.21 bits per heavy atom. The lowest BCUT2D eigenvalue weighted by atomic mass is 10.2. The van der Waals surface area contributed by atoms with E-state index < -0.39 is 27.2 Å². The highest BCUT2D eigenvalue weighted by Crippen LogP contribution is 2.27. The van der Waals surface area contributed by atoms with Crippen LogP contribution in [-0.4, -0.2) is 25.6 Å². The van der Waals surface area contributed by atoms with Crippen LogP contribution < -0.4 is 10.5 Å². The molecule has 0 heterocycles. The molecule has 0 aromatic carbocycles. The maximum Gasteiger partial charge on any atom is 0.251 e. The predicted octanol–water partition coefficient (Wildman–Crippen LogP) is -1.05. The Morgan fingerprint density at radius 1 is 1.64 bits per heavy atom. The first kappa shape index (κ1) is 11.0. The van der Waals surface area contributed by atoms with E-state index in [1.165, 1.54) is 0 Å². The summed E-state index contributed by atoms with van der Waals surface area (Å²) in [4.78, 5) is 11.2. The summed E-state index contributed by atoms with van der Waals surface area (Å²) >= 11 is 0. The van der Waals surface area contributed by atoms with Crippen molar-refractivity contribution in [2.75, 3.05) is 0 Å². The molecule has 3 N–H and O–H groups in total. The minimum atomic E-state index is -3.50. The van der Waals surface area contributed by atoms with Gasteiger partial charge in [-0.25, -0.2) is 8.42 Å². The first-order chi connectivity index (χ1) is 6.47. The van der Waals surface area contributed by atoms with Gasteiger partial charge in [0.1, 0.15) is 0 Å². The molecular formula is C8H12N2O3S. The smallest absolute Gasteiger partial charge is 0.251 e. The Bertz CT molecular complexity index is 365. The summed E-state index contributed by atoms with van der Waals surface area (Å²) in [6.07, 6.45) is 6.19. The lowest BCUT2D eigenvalue weighted by Gasteiger charge is -2.09. The van der Waals surface area contributed by atoms with Gasteiger partial charge in [-0.15, -0.1) is 12.3 Å². The molecule has 6 heteroatoms. The van der Waals surface area contributed by atoms with Crippen molar-refractivity contribution in [3.63, 3.8) is 0 Å². The summed E-state index contributed by atoms with van der Waals surface area (Å²) in [6.45, 7) is 0. The number of hydrogen-bond acceptors (Lipinski definition) is 4. The topological polar surface area (TPSA) is 89.3 Å². The van der Waals surface area contributed by atoms with Crippen LogP contribution >= 0.6 is 0 Å². The zero-order chi connectivity index (χ0) is 10.8. The molecule has 1 aliphatic carbocycles. The molecule has 1 amide bonds. The number of carbonyl (C=O) groups excluding carboxylic acids is 1. The van der Waals surface area contributed by atoms with Gasteiger partial charge in [-0.1, -0.05) is 0 Å². The van der Waals surface area contributed by atoms with Crippen molar-refractivity contribution >= 4 is 15.9 Å². The third kappa shape index (κ3) is 2.72. The zero-order valence-corrected chi connectivity index (χ0v) is 8.38. The van der Waals surface area contributed by atoms with E-state index in [1.54, 1.807) is 0 Å². The highest BCUT2D eigenvalue weighted by molar-refractivity contribution is 7.90. The third-order valence-electron chi connectivity index (χ3n) is 1.88. The lowest BCUT2D eigenvalue weighted by molar-refractivity contribution is -0.120. The summed E-state index contributed by atoms with van der Waals surface area (Å²) in [5.41, 5.74) is 5.34. The van der Waals surface area contributed by atoms with Gasteiger partial charge in [0.2, 0.25) is 10.0 Å². The molecule has 1 unspecified atom stereocenters. The molecule has 1 saturated carbocycles. The monoisotopic (exact) mass is 216 g/mol. The van der Waals surface area contributed by atoms with Crippen molar-refractivity contribution in [1.82, 2.24) is 4.72 Å². The van der Waals surface area contributed by atoms with E-state index in [-0.39, 0.29) is 6.42 Å². The van der Waals surface area contributed by atoms with Crippen LogP contribution in [0.3, 0.4) is 0 Å². The van der Waals surface area contributed by atoms with Crippen molar-refractivity contribution in [2.24, 2.45) is 5.73 Å². The molecular weight excluding hydrogens is 204 g/mol. The van der Waals surface area contributed by atoms with Crippen LogP contribution in [0.5, 0.6) is 0 Å². The second kappa shape index (κ2) is 3.98. The fraction of sp³-hybridized carbons (Fsp3) is 0.625. The minimum Gasteiger partial charge on any atom is -0.319 e. The van der Waals surface area contributed by atoms with E-state index in [9.17, 15) is 13.2 Å². The molecule has 0 radical (unpaired) electrons. The number of carbonyl (C=O) groups is 1. The first-order valence-electron chi connectivity index (χ1n) is 4.22. The van der Waals surface area contributed by atoms with Gasteiger partial charge in [0.25, 0.3) is 5.91 Å². The number of rotatable bonds is 4. The molecule has 0 aliphatic heterocycles. The molecule has 78 valence electrons. The second-order valence-corrected chi connectivity index (χ2v) is 5.19. The van der Waals surface area contributed by atoms with Crippen molar-refractivity contribution < 1.29 is 13.2 Å². The highest BCUT2D eigenvalue weighted by atomic mass is 32.2. The average molecular weight is 216 g/mol. The Kier molecular flexibility index (Phi) is 3.13. The minimum absolute atomic E-state index is 0.0338. The molecule has 5 nitrogen and oxygen atoms in total. The summed E-state index contributed by atoms with van der Waals surface area (Å²) in [6, 6.07) is -0.950. The zero-order valence-electron chi connectivity index (χ0n) is 7.56. The van der Waals surface area contributed by atoms with Crippen molar-refractivity contribution in [1.29, 1.82) is 0 Å². The van der Waals surface area contributed by atoms with Crippen LogP contribution in [0, 0.1) is 12.3 Å². The SMILES string of the molecule is C#CCC(N)C(=O)NS(=O)(=O)C1CC1. The van der Waals surface area contributed by atoms with Gasteiger partial charge < -0.3 is 5.73 Å². The van der Waals surface area contributed by atoms with Crippen LogP contribution in [-0.2, 0) is 14.8 Å². The molecule has 1 aliphatic rings. The Morgan fingerprint density at radius 3 is 2.64 bits per heavy atom. The molecule has 14 heavy (non-hydrogen) atoms. The number of hydrogen-bond donors (Lipinski definition) is 2. The quantitative estimate of drug-likeness (QED) is 0.586. The molecule has 1 rings (SSSR count). The van der Waals surface area contributed by atoms with Gasteiger partial charge in [0.15, 0.2) is 0 Å². The summed E-state index contributed by atoms with van der Waals surface area (Å²) in [7, 11) is -3.50. The molecule has 0 bridgehead atoms. The van der Waals surface area contributed by atoms with Crippen molar-refractivity contribution in [2.45, 2.75) is 30.6 Å². The summed E-state index contributed by atoms with van der Waals surface area (Å²) < 4.78 is 24.5. The van der Waals surface area contributed by atoms with Gasteiger partial charge >= 0.3 is 0 Å². The fourth-order valence-corrected chi connectivity index (χ4v) is 2.25. The van der Waals surface area contributed by atoms with Gasteiger partial charge in [-0.05, 0) is 12.8 Å². The lowest BCUT2D eigenvalue weighted by Crippen LogP contribution is -2.44. The van der Waals surface area contributed by atoms with E-state index in [4.69, 9.17) is 12.2 Å². The van der Waals surface area contributed by atoms with Crippen LogP contribution in [0.15, 0.2) is 0 Å². The van der Waals surface area contributed by atoms with Gasteiger partial charge in [0, 0.05) is 6.42 Å². The van der Waals surface area contributed by atoms with Gasteiger partial charge in [-0.2, -0.15) is 0 Å². The maximum atomic E-state index is 11.3.